The van der Waals surface area contributed by atoms with E-state index in [-0.39, 0.29) is 0 Å². The van der Waals surface area contributed by atoms with Crippen LogP contribution in [-0.4, -0.2) is 9.13 Å². The number of para-hydroxylation sites is 2. The van der Waals surface area contributed by atoms with Gasteiger partial charge in [-0.05, 0) is 140 Å². The molecule has 280 valence electrons. The maximum Gasteiger partial charge on any atom is 0.0579 e. The van der Waals surface area contributed by atoms with Crippen molar-refractivity contribution in [2.45, 2.75) is 12.8 Å². The van der Waals surface area contributed by atoms with Crippen LogP contribution in [0, 0.1) is 0 Å². The molecule has 0 spiro atoms. The average Bonchev–Trinajstić information content (AvgIpc) is 3.82. The Kier molecular flexibility index (Phi) is 7.17. The normalized spacial score (nSPS) is 12.5. The maximum absolute atomic E-state index is 2.52. The van der Waals surface area contributed by atoms with Crippen molar-refractivity contribution < 1.29 is 0 Å². The van der Waals surface area contributed by atoms with E-state index in [2.05, 4.69) is 215 Å². The molecular weight excluding hydrogens is 725 g/mol. The second-order valence-corrected chi connectivity index (χ2v) is 16.4. The van der Waals surface area contributed by atoms with Gasteiger partial charge in [-0.3, -0.25) is 0 Å². The quantitative estimate of drug-likeness (QED) is 0.169. The highest BCUT2D eigenvalue weighted by Crippen LogP contribution is 2.46. The molecule has 60 heavy (non-hydrogen) atoms. The predicted molar refractivity (Wildman–Crippen MR) is 254 cm³/mol. The molecule has 0 atom stereocenters. The van der Waals surface area contributed by atoms with Crippen LogP contribution < -0.4 is 0 Å². The summed E-state index contributed by atoms with van der Waals surface area (Å²) in [6.07, 6.45) is 1.96. The zero-order valence-corrected chi connectivity index (χ0v) is 32.9. The van der Waals surface area contributed by atoms with Crippen molar-refractivity contribution in [2.75, 3.05) is 0 Å². The van der Waals surface area contributed by atoms with Gasteiger partial charge in [0, 0.05) is 32.9 Å². The predicted octanol–water partition coefficient (Wildman–Crippen LogP) is 15.3. The molecule has 12 aromatic rings. The van der Waals surface area contributed by atoms with E-state index in [0.29, 0.717) is 0 Å². The van der Waals surface area contributed by atoms with Gasteiger partial charge in [0.05, 0.1) is 22.1 Å². The molecule has 2 nitrogen and oxygen atoms in total. The first kappa shape index (κ1) is 33.3. The Morgan fingerprint density at radius 2 is 0.833 bits per heavy atom. The summed E-state index contributed by atoms with van der Waals surface area (Å²) >= 11 is 0. The number of fused-ring (bicyclic) bond motifs is 12. The van der Waals surface area contributed by atoms with Gasteiger partial charge in [0.2, 0.25) is 0 Å². The number of hydrogen-bond acceptors (Lipinski definition) is 0. The van der Waals surface area contributed by atoms with Crippen LogP contribution >= 0.6 is 0 Å². The van der Waals surface area contributed by atoms with Gasteiger partial charge in [-0.2, -0.15) is 0 Å². The summed E-state index contributed by atoms with van der Waals surface area (Å²) < 4.78 is 5.00. The zero-order valence-electron chi connectivity index (χ0n) is 32.9. The summed E-state index contributed by atoms with van der Waals surface area (Å²) in [6.45, 7) is 0. The van der Waals surface area contributed by atoms with Gasteiger partial charge in [-0.1, -0.05) is 146 Å². The molecule has 0 unspecified atom stereocenters. The molecule has 0 fully saturated rings. The van der Waals surface area contributed by atoms with Crippen LogP contribution in [0.3, 0.4) is 0 Å². The number of hydrogen-bond donors (Lipinski definition) is 0. The van der Waals surface area contributed by atoms with Gasteiger partial charge in [-0.15, -0.1) is 0 Å². The molecule has 0 saturated carbocycles. The first-order valence-electron chi connectivity index (χ1n) is 21.1. The number of rotatable bonds is 4. The molecule has 0 amide bonds. The Labute approximate surface area is 347 Å². The third-order valence-corrected chi connectivity index (χ3v) is 13.2. The van der Waals surface area contributed by atoms with Crippen LogP contribution in [0.5, 0.6) is 0 Å². The van der Waals surface area contributed by atoms with Crippen molar-refractivity contribution in [3.63, 3.8) is 0 Å². The SMILES string of the molecule is c1ccc(-n2c3ccc(-c4cccc5ccccc45)cc3c3cc4c(cc32)-c2ccc3c5cc(-c6cccc7ccccc67)ccc5n(-c5ccccc5)c3c2CC4)cc1. The molecule has 13 rings (SSSR count). The molecule has 0 radical (unpaired) electrons. The summed E-state index contributed by atoms with van der Waals surface area (Å²) in [5, 5.41) is 10.3. The van der Waals surface area contributed by atoms with Crippen LogP contribution in [0.2, 0.25) is 0 Å². The van der Waals surface area contributed by atoms with E-state index in [9.17, 15) is 0 Å². The highest BCUT2D eigenvalue weighted by Gasteiger charge is 2.26. The van der Waals surface area contributed by atoms with Crippen LogP contribution in [0.1, 0.15) is 11.1 Å². The summed E-state index contributed by atoms with van der Waals surface area (Å²) in [4.78, 5) is 0. The van der Waals surface area contributed by atoms with Gasteiger partial charge < -0.3 is 9.13 Å². The number of nitrogens with zero attached hydrogens (tertiary/aromatic N) is 2. The third-order valence-electron chi connectivity index (χ3n) is 13.2. The van der Waals surface area contributed by atoms with Crippen LogP contribution in [0.25, 0.3) is 110 Å². The second-order valence-electron chi connectivity index (χ2n) is 16.4. The van der Waals surface area contributed by atoms with Crippen molar-refractivity contribution in [2.24, 2.45) is 0 Å². The number of aryl methyl sites for hydroxylation is 2. The van der Waals surface area contributed by atoms with Gasteiger partial charge in [0.1, 0.15) is 0 Å². The topological polar surface area (TPSA) is 9.86 Å². The van der Waals surface area contributed by atoms with E-state index in [1.807, 2.05) is 0 Å². The first-order valence-corrected chi connectivity index (χ1v) is 21.1. The van der Waals surface area contributed by atoms with Crippen molar-refractivity contribution in [1.29, 1.82) is 0 Å². The Morgan fingerprint density at radius 1 is 0.300 bits per heavy atom. The summed E-state index contributed by atoms with van der Waals surface area (Å²) in [7, 11) is 0. The van der Waals surface area contributed by atoms with E-state index >= 15 is 0 Å². The fraction of sp³-hybridized carbons (Fsp3) is 0.0345. The van der Waals surface area contributed by atoms with Gasteiger partial charge in [-0.25, -0.2) is 0 Å². The van der Waals surface area contributed by atoms with Gasteiger partial charge in [0.15, 0.2) is 0 Å². The molecular formula is C58H38N2. The molecule has 1 aliphatic rings. The Hall–Kier alpha value is -7.68. The minimum absolute atomic E-state index is 0.975. The molecule has 0 N–H and O–H groups in total. The van der Waals surface area contributed by atoms with Crippen LogP contribution in [-0.2, 0) is 12.8 Å². The fourth-order valence-electron chi connectivity index (χ4n) is 10.5. The second kappa shape index (κ2) is 12.9. The molecule has 0 saturated heterocycles. The summed E-state index contributed by atoms with van der Waals surface area (Å²) in [6, 6.07) is 76.5. The lowest BCUT2D eigenvalue weighted by atomic mass is 9.83. The molecule has 0 aliphatic heterocycles. The highest BCUT2D eigenvalue weighted by molar-refractivity contribution is 6.16. The summed E-state index contributed by atoms with van der Waals surface area (Å²) in [5.41, 5.74) is 17.9. The minimum atomic E-state index is 0.975. The maximum atomic E-state index is 2.52. The van der Waals surface area contributed by atoms with Crippen molar-refractivity contribution in [1.82, 2.24) is 9.13 Å². The first-order chi connectivity index (χ1) is 29.8. The monoisotopic (exact) mass is 762 g/mol. The average molecular weight is 763 g/mol. The Morgan fingerprint density at radius 3 is 1.48 bits per heavy atom. The smallest absolute Gasteiger partial charge is 0.0579 e. The standard InChI is InChI=1S/C58H38N2/c1-3-17-42(18-4-1)59-55-31-26-40(47-24-12-16-38-14-8-10-22-45(38)47)34-53(55)54-35-41-25-28-49-48(51(41)36-57(54)59)29-30-50-52-33-39(46-23-11-15-37-13-7-9-21-44(37)46)27-32-56(52)60(58(49)50)43-19-5-2-6-20-43/h1-24,26-27,29-36H,25,28H2. The molecule has 2 heteroatoms. The molecule has 0 bridgehead atoms. The fourth-order valence-corrected chi connectivity index (χ4v) is 10.5. The third kappa shape index (κ3) is 4.88. The molecule has 2 heterocycles. The Balaban J connectivity index is 1.05. The Bertz CT molecular complexity index is 3600. The van der Waals surface area contributed by atoms with E-state index in [1.54, 1.807) is 0 Å². The van der Waals surface area contributed by atoms with Crippen LogP contribution in [0.4, 0.5) is 0 Å². The van der Waals surface area contributed by atoms with Crippen molar-refractivity contribution in [3.8, 4) is 44.8 Å². The molecule has 2 aromatic heterocycles. The lowest BCUT2D eigenvalue weighted by Crippen LogP contribution is -2.07. The lowest BCUT2D eigenvalue weighted by molar-refractivity contribution is 0.944. The molecule has 1 aliphatic carbocycles. The van der Waals surface area contributed by atoms with Gasteiger partial charge >= 0.3 is 0 Å². The van der Waals surface area contributed by atoms with Crippen molar-refractivity contribution >= 4 is 65.2 Å². The highest BCUT2D eigenvalue weighted by atomic mass is 15.0. The zero-order chi connectivity index (χ0) is 39.3. The van der Waals surface area contributed by atoms with Crippen molar-refractivity contribution in [3.05, 3.63) is 217 Å². The minimum Gasteiger partial charge on any atom is -0.309 e. The van der Waals surface area contributed by atoms with E-state index < -0.39 is 0 Å². The van der Waals surface area contributed by atoms with Crippen LogP contribution in [0.15, 0.2) is 206 Å². The largest absolute Gasteiger partial charge is 0.309 e. The van der Waals surface area contributed by atoms with E-state index in [0.717, 1.165) is 12.8 Å². The number of aromatic nitrogens is 2. The lowest BCUT2D eigenvalue weighted by Gasteiger charge is -2.23. The number of benzene rings is 10. The molecule has 10 aromatic carbocycles. The van der Waals surface area contributed by atoms with E-state index in [4.69, 9.17) is 0 Å². The van der Waals surface area contributed by atoms with Gasteiger partial charge in [0.25, 0.3) is 0 Å². The summed E-state index contributed by atoms with van der Waals surface area (Å²) in [5.74, 6) is 0. The van der Waals surface area contributed by atoms with E-state index in [1.165, 1.54) is 121 Å².